The van der Waals surface area contributed by atoms with E-state index in [1.165, 1.54) is 6.26 Å². The van der Waals surface area contributed by atoms with Gasteiger partial charge in [0.05, 0.1) is 17.7 Å². The van der Waals surface area contributed by atoms with Crippen molar-refractivity contribution in [3.05, 3.63) is 17.3 Å². The first-order chi connectivity index (χ1) is 9.32. The van der Waals surface area contributed by atoms with Gasteiger partial charge in [-0.05, 0) is 44.2 Å². The molecule has 0 atom stereocenters. The number of pyridine rings is 1. The van der Waals surface area contributed by atoms with Crippen LogP contribution in [-0.2, 0) is 9.84 Å². The van der Waals surface area contributed by atoms with E-state index in [1.807, 2.05) is 24.9 Å². The maximum Gasteiger partial charge on any atom is 0.193 e. The van der Waals surface area contributed by atoms with Crippen LogP contribution < -0.4 is 0 Å². The van der Waals surface area contributed by atoms with Crippen molar-refractivity contribution in [1.29, 1.82) is 0 Å². The smallest absolute Gasteiger partial charge is 0.193 e. The van der Waals surface area contributed by atoms with E-state index in [0.717, 1.165) is 30.6 Å². The summed E-state index contributed by atoms with van der Waals surface area (Å²) in [6, 6.07) is 1.89. The van der Waals surface area contributed by atoms with E-state index in [1.54, 1.807) is 13.3 Å². The lowest BCUT2D eigenvalue weighted by atomic mass is 10.1. The number of hydrogen-bond donors (Lipinski definition) is 0. The zero-order chi connectivity index (χ0) is 14.9. The Morgan fingerprint density at radius 1 is 1.50 bits per heavy atom. The summed E-state index contributed by atoms with van der Waals surface area (Å²) >= 11 is 0. The van der Waals surface area contributed by atoms with Crippen molar-refractivity contribution < 1.29 is 8.42 Å². The minimum Gasteiger partial charge on any atom is -0.366 e. The van der Waals surface area contributed by atoms with Crippen LogP contribution in [0.5, 0.6) is 0 Å². The number of nitrogens with zero attached hydrogens (tertiary/aromatic N) is 3. The third-order valence-corrected chi connectivity index (χ3v) is 4.47. The zero-order valence-electron chi connectivity index (χ0n) is 12.4. The Morgan fingerprint density at radius 3 is 2.65 bits per heavy atom. The molecule has 0 radical (unpaired) electrons. The summed E-state index contributed by atoms with van der Waals surface area (Å²) in [5, 5.41) is 0.222. The zero-order valence-corrected chi connectivity index (χ0v) is 13.2. The highest BCUT2D eigenvalue weighted by atomic mass is 32.2. The van der Waals surface area contributed by atoms with Gasteiger partial charge in [0.1, 0.15) is 0 Å². The van der Waals surface area contributed by atoms with Crippen LogP contribution in [-0.4, -0.2) is 44.5 Å². The van der Waals surface area contributed by atoms with Crippen LogP contribution in [0.3, 0.4) is 0 Å². The Labute approximate surface area is 120 Å². The van der Waals surface area contributed by atoms with Gasteiger partial charge in [0.15, 0.2) is 14.9 Å². The minimum atomic E-state index is -3.29. The standard InChI is InChI=1S/C14H21N3O2S/c1-5-17(3)9-15-13-8-12(11-6-7-11)14(16-10(13)2)20(4,18)19/h8-9,11H,5-7H2,1-4H3/b15-9+. The molecule has 5 nitrogen and oxygen atoms in total. The minimum absolute atomic E-state index is 0.222. The molecular weight excluding hydrogens is 274 g/mol. The van der Waals surface area contributed by atoms with Crippen LogP contribution in [0.1, 0.15) is 36.9 Å². The number of aryl methyl sites for hydroxylation is 1. The molecule has 0 bridgehead atoms. The van der Waals surface area contributed by atoms with Crippen LogP contribution in [0.2, 0.25) is 0 Å². The van der Waals surface area contributed by atoms with Crippen LogP contribution in [0.4, 0.5) is 5.69 Å². The van der Waals surface area contributed by atoms with Gasteiger partial charge in [0.2, 0.25) is 0 Å². The fourth-order valence-corrected chi connectivity index (χ4v) is 2.90. The van der Waals surface area contributed by atoms with Gasteiger partial charge in [0, 0.05) is 19.8 Å². The molecule has 1 fully saturated rings. The van der Waals surface area contributed by atoms with Gasteiger partial charge >= 0.3 is 0 Å². The van der Waals surface area contributed by atoms with Gasteiger partial charge < -0.3 is 4.90 Å². The summed E-state index contributed by atoms with van der Waals surface area (Å²) < 4.78 is 23.7. The lowest BCUT2D eigenvalue weighted by Crippen LogP contribution is -2.14. The summed E-state index contributed by atoms with van der Waals surface area (Å²) in [6.45, 7) is 4.70. The summed E-state index contributed by atoms with van der Waals surface area (Å²) in [7, 11) is -1.34. The number of rotatable bonds is 5. The first kappa shape index (κ1) is 15.0. The molecule has 6 heteroatoms. The van der Waals surface area contributed by atoms with Crippen molar-refractivity contribution in [2.45, 2.75) is 37.6 Å². The molecule has 110 valence electrons. The molecule has 0 aliphatic heterocycles. The van der Waals surface area contributed by atoms with Crippen molar-refractivity contribution in [3.8, 4) is 0 Å². The molecule has 0 spiro atoms. The van der Waals surface area contributed by atoms with Gasteiger partial charge in [-0.3, -0.25) is 0 Å². The fraction of sp³-hybridized carbons (Fsp3) is 0.571. The lowest BCUT2D eigenvalue weighted by molar-refractivity contribution is 0.552. The fourth-order valence-electron chi connectivity index (χ4n) is 1.94. The number of aromatic nitrogens is 1. The number of aliphatic imine (C=N–C) groups is 1. The van der Waals surface area contributed by atoms with Gasteiger partial charge in [-0.25, -0.2) is 18.4 Å². The summed E-state index contributed by atoms with van der Waals surface area (Å²) in [4.78, 5) is 10.7. The van der Waals surface area contributed by atoms with Crippen molar-refractivity contribution in [1.82, 2.24) is 9.88 Å². The highest BCUT2D eigenvalue weighted by molar-refractivity contribution is 7.90. The first-order valence-electron chi connectivity index (χ1n) is 6.79. The average molecular weight is 295 g/mol. The van der Waals surface area contributed by atoms with E-state index in [9.17, 15) is 8.42 Å². The molecule has 0 N–H and O–H groups in total. The van der Waals surface area contributed by atoms with Crippen molar-refractivity contribution in [3.63, 3.8) is 0 Å². The van der Waals surface area contributed by atoms with E-state index in [0.29, 0.717) is 11.6 Å². The largest absolute Gasteiger partial charge is 0.366 e. The molecule has 0 unspecified atom stereocenters. The topological polar surface area (TPSA) is 62.6 Å². The molecule has 1 saturated carbocycles. The average Bonchev–Trinajstić information content (AvgIpc) is 3.19. The first-order valence-corrected chi connectivity index (χ1v) is 8.68. The second kappa shape index (κ2) is 5.52. The maximum atomic E-state index is 11.9. The van der Waals surface area contributed by atoms with E-state index in [-0.39, 0.29) is 5.03 Å². The second-order valence-electron chi connectivity index (χ2n) is 5.35. The molecule has 20 heavy (non-hydrogen) atoms. The van der Waals surface area contributed by atoms with Gasteiger partial charge in [0.25, 0.3) is 0 Å². The lowest BCUT2D eigenvalue weighted by Gasteiger charge is -2.11. The Hall–Kier alpha value is -1.43. The van der Waals surface area contributed by atoms with E-state index in [2.05, 4.69) is 9.98 Å². The molecule has 1 aliphatic carbocycles. The maximum absolute atomic E-state index is 11.9. The molecule has 1 aromatic rings. The normalized spacial score (nSPS) is 15.8. The third kappa shape index (κ3) is 3.36. The number of hydrogen-bond acceptors (Lipinski definition) is 4. The highest BCUT2D eigenvalue weighted by Gasteiger charge is 2.30. The summed E-state index contributed by atoms with van der Waals surface area (Å²) in [5.74, 6) is 0.325. The Kier molecular flexibility index (Phi) is 4.13. The molecule has 1 aliphatic rings. The highest BCUT2D eigenvalue weighted by Crippen LogP contribution is 2.43. The van der Waals surface area contributed by atoms with Crippen LogP contribution >= 0.6 is 0 Å². The predicted octanol–water partition coefficient (Wildman–Crippen LogP) is 2.28. The molecule has 0 saturated heterocycles. The van der Waals surface area contributed by atoms with Gasteiger partial charge in [-0.2, -0.15) is 0 Å². The Bertz CT molecular complexity index is 634. The van der Waals surface area contributed by atoms with Gasteiger partial charge in [-0.15, -0.1) is 0 Å². The quantitative estimate of drug-likeness (QED) is 0.617. The van der Waals surface area contributed by atoms with Crippen LogP contribution in [0.25, 0.3) is 0 Å². The van der Waals surface area contributed by atoms with E-state index < -0.39 is 9.84 Å². The van der Waals surface area contributed by atoms with Gasteiger partial charge in [-0.1, -0.05) is 0 Å². The molecule has 0 amide bonds. The molecule has 1 aromatic heterocycles. The van der Waals surface area contributed by atoms with Crippen molar-refractivity contribution >= 4 is 21.9 Å². The third-order valence-electron chi connectivity index (χ3n) is 3.44. The number of sulfone groups is 1. The summed E-state index contributed by atoms with van der Waals surface area (Å²) in [5.41, 5.74) is 2.22. The van der Waals surface area contributed by atoms with Crippen molar-refractivity contribution in [2.75, 3.05) is 19.8 Å². The summed E-state index contributed by atoms with van der Waals surface area (Å²) in [6.07, 6.45) is 5.03. The van der Waals surface area contributed by atoms with Crippen LogP contribution in [0, 0.1) is 6.92 Å². The SMILES string of the molecule is CCN(C)/C=N/c1cc(C2CC2)c(S(C)(=O)=O)nc1C. The Balaban J connectivity index is 2.46. The molecule has 2 rings (SSSR count). The second-order valence-corrected chi connectivity index (χ2v) is 7.28. The van der Waals surface area contributed by atoms with Crippen molar-refractivity contribution in [2.24, 2.45) is 4.99 Å². The predicted molar refractivity (Wildman–Crippen MR) is 80.5 cm³/mol. The molecule has 1 heterocycles. The van der Waals surface area contributed by atoms with Crippen LogP contribution in [0.15, 0.2) is 16.1 Å². The van der Waals surface area contributed by atoms with E-state index >= 15 is 0 Å². The molecular formula is C14H21N3O2S. The Morgan fingerprint density at radius 2 is 2.15 bits per heavy atom. The van der Waals surface area contributed by atoms with E-state index in [4.69, 9.17) is 0 Å². The monoisotopic (exact) mass is 295 g/mol. The molecule has 0 aromatic carbocycles.